The monoisotopic (exact) mass is 265 g/mol. The number of methoxy groups -OCH3 is 1. The van der Waals surface area contributed by atoms with Gasteiger partial charge in [-0.15, -0.1) is 0 Å². The molecule has 0 spiro atoms. The third kappa shape index (κ3) is 3.69. The number of hydrogen-bond acceptors (Lipinski definition) is 2. The number of benzene rings is 1. The second-order valence-corrected chi connectivity index (χ2v) is 5.81. The van der Waals surface area contributed by atoms with Crippen LogP contribution in [0.3, 0.4) is 0 Å². The third-order valence-corrected chi connectivity index (χ3v) is 4.41. The van der Waals surface area contributed by atoms with Crippen molar-refractivity contribution in [3.8, 4) is 5.75 Å². The zero-order valence-corrected chi connectivity index (χ0v) is 12.1. The van der Waals surface area contributed by atoms with Crippen molar-refractivity contribution in [1.82, 2.24) is 5.32 Å². The maximum atomic E-state index is 13.6. The molecule has 0 aliphatic heterocycles. The molecule has 1 aliphatic rings. The zero-order chi connectivity index (χ0) is 13.8. The summed E-state index contributed by atoms with van der Waals surface area (Å²) < 4.78 is 18.5. The molecule has 19 heavy (non-hydrogen) atoms. The van der Waals surface area contributed by atoms with Gasteiger partial charge < -0.3 is 10.1 Å². The molecule has 0 radical (unpaired) electrons. The van der Waals surface area contributed by atoms with Crippen LogP contribution in [0.1, 0.15) is 38.7 Å². The molecule has 1 N–H and O–H groups in total. The maximum absolute atomic E-state index is 13.6. The molecule has 0 heterocycles. The van der Waals surface area contributed by atoms with Crippen LogP contribution in [0.5, 0.6) is 5.75 Å². The normalized spacial score (nSPS) is 27.3. The van der Waals surface area contributed by atoms with Crippen molar-refractivity contribution in [1.29, 1.82) is 0 Å². The second kappa shape index (κ2) is 6.38. The largest absolute Gasteiger partial charge is 0.494 e. The Bertz CT molecular complexity index is 421. The van der Waals surface area contributed by atoms with Crippen molar-refractivity contribution >= 4 is 0 Å². The number of halogens is 1. The predicted octanol–water partition coefficient (Wildman–Crippen LogP) is 3.75. The average Bonchev–Trinajstić information content (AvgIpc) is 2.40. The van der Waals surface area contributed by atoms with Crippen molar-refractivity contribution < 1.29 is 9.13 Å². The topological polar surface area (TPSA) is 21.3 Å². The van der Waals surface area contributed by atoms with Gasteiger partial charge in [-0.3, -0.25) is 0 Å². The number of nitrogens with one attached hydrogen (secondary N) is 1. The van der Waals surface area contributed by atoms with Crippen molar-refractivity contribution in [3.63, 3.8) is 0 Å². The standard InChI is InChI=1S/C16H24FNO/c1-11-4-6-14(8-12(11)2)18-10-13-5-7-16(19-3)15(17)9-13/h5,7,9,11-12,14,18H,4,6,8,10H2,1-3H3. The van der Waals surface area contributed by atoms with Gasteiger partial charge in [-0.05, 0) is 48.8 Å². The van der Waals surface area contributed by atoms with Crippen molar-refractivity contribution in [2.75, 3.05) is 7.11 Å². The van der Waals surface area contributed by atoms with Crippen molar-refractivity contribution in [2.45, 2.75) is 45.7 Å². The van der Waals surface area contributed by atoms with Crippen LogP contribution in [0.15, 0.2) is 18.2 Å². The molecule has 0 saturated heterocycles. The van der Waals surface area contributed by atoms with E-state index in [0.717, 1.165) is 23.9 Å². The van der Waals surface area contributed by atoms with E-state index in [0.29, 0.717) is 11.8 Å². The fourth-order valence-electron chi connectivity index (χ4n) is 2.81. The molecule has 2 nitrogen and oxygen atoms in total. The second-order valence-electron chi connectivity index (χ2n) is 5.81. The molecule has 1 aromatic carbocycles. The summed E-state index contributed by atoms with van der Waals surface area (Å²) in [5.74, 6) is 1.63. The first-order valence-corrected chi connectivity index (χ1v) is 7.16. The van der Waals surface area contributed by atoms with Crippen LogP contribution in [-0.2, 0) is 6.54 Å². The molecule has 3 atom stereocenters. The summed E-state index contributed by atoms with van der Waals surface area (Å²) in [5, 5.41) is 3.55. The molecule has 3 heteroatoms. The summed E-state index contributed by atoms with van der Waals surface area (Å²) in [6, 6.07) is 5.74. The van der Waals surface area contributed by atoms with Gasteiger partial charge in [0.25, 0.3) is 0 Å². The molecule has 1 aliphatic carbocycles. The van der Waals surface area contributed by atoms with Gasteiger partial charge in [-0.1, -0.05) is 19.9 Å². The van der Waals surface area contributed by atoms with Crippen molar-refractivity contribution in [3.05, 3.63) is 29.6 Å². The van der Waals surface area contributed by atoms with Gasteiger partial charge in [0.15, 0.2) is 11.6 Å². The van der Waals surface area contributed by atoms with E-state index in [-0.39, 0.29) is 5.82 Å². The molecule has 0 bridgehead atoms. The lowest BCUT2D eigenvalue weighted by molar-refractivity contribution is 0.225. The first-order chi connectivity index (χ1) is 9.10. The highest BCUT2D eigenvalue weighted by molar-refractivity contribution is 5.29. The quantitative estimate of drug-likeness (QED) is 0.895. The SMILES string of the molecule is COc1ccc(CNC2CCC(C)C(C)C2)cc1F. The van der Waals surface area contributed by atoms with Gasteiger partial charge in [0.1, 0.15) is 0 Å². The lowest BCUT2D eigenvalue weighted by Gasteiger charge is -2.32. The van der Waals surface area contributed by atoms with E-state index in [2.05, 4.69) is 19.2 Å². The Kier molecular flexibility index (Phi) is 4.81. The highest BCUT2D eigenvalue weighted by atomic mass is 19.1. The summed E-state index contributed by atoms with van der Waals surface area (Å²) in [6.07, 6.45) is 3.74. The summed E-state index contributed by atoms with van der Waals surface area (Å²) in [5.41, 5.74) is 0.976. The Balaban J connectivity index is 1.87. The molecule has 1 fully saturated rings. The van der Waals surface area contributed by atoms with E-state index in [1.165, 1.54) is 26.4 Å². The van der Waals surface area contributed by atoms with Crippen LogP contribution >= 0.6 is 0 Å². The highest BCUT2D eigenvalue weighted by Gasteiger charge is 2.23. The first-order valence-electron chi connectivity index (χ1n) is 7.16. The van der Waals surface area contributed by atoms with E-state index in [4.69, 9.17) is 4.74 Å². The molecular weight excluding hydrogens is 241 g/mol. The number of rotatable bonds is 4. The molecule has 2 rings (SSSR count). The van der Waals surface area contributed by atoms with Gasteiger partial charge in [-0.25, -0.2) is 4.39 Å². The summed E-state index contributed by atoms with van der Waals surface area (Å²) in [4.78, 5) is 0. The van der Waals surface area contributed by atoms with E-state index >= 15 is 0 Å². The fourth-order valence-corrected chi connectivity index (χ4v) is 2.81. The third-order valence-electron chi connectivity index (χ3n) is 4.41. The minimum Gasteiger partial charge on any atom is -0.494 e. The van der Waals surface area contributed by atoms with Crippen LogP contribution < -0.4 is 10.1 Å². The molecule has 106 valence electrons. The van der Waals surface area contributed by atoms with Crippen LogP contribution in [0, 0.1) is 17.7 Å². The van der Waals surface area contributed by atoms with Crippen LogP contribution in [-0.4, -0.2) is 13.2 Å². The predicted molar refractivity (Wildman–Crippen MR) is 75.8 cm³/mol. The Morgan fingerprint density at radius 1 is 1.26 bits per heavy atom. The molecule has 1 aromatic rings. The van der Waals surface area contributed by atoms with Crippen LogP contribution in [0.25, 0.3) is 0 Å². The Morgan fingerprint density at radius 3 is 2.68 bits per heavy atom. The molecule has 0 aromatic heterocycles. The van der Waals surface area contributed by atoms with Gasteiger partial charge in [0, 0.05) is 12.6 Å². The molecule has 1 saturated carbocycles. The summed E-state index contributed by atoms with van der Waals surface area (Å²) in [7, 11) is 1.49. The van der Waals surface area contributed by atoms with Gasteiger partial charge >= 0.3 is 0 Å². The Hall–Kier alpha value is -1.09. The minimum atomic E-state index is -0.285. The van der Waals surface area contributed by atoms with Crippen LogP contribution in [0.2, 0.25) is 0 Å². The van der Waals surface area contributed by atoms with Crippen molar-refractivity contribution in [2.24, 2.45) is 11.8 Å². The molecule has 3 unspecified atom stereocenters. The lowest BCUT2D eigenvalue weighted by Crippen LogP contribution is -2.35. The number of ether oxygens (including phenoxy) is 1. The van der Waals surface area contributed by atoms with E-state index < -0.39 is 0 Å². The Labute approximate surface area is 115 Å². The number of hydrogen-bond donors (Lipinski definition) is 1. The average molecular weight is 265 g/mol. The van der Waals surface area contributed by atoms with Gasteiger partial charge in [0.05, 0.1) is 7.11 Å². The van der Waals surface area contributed by atoms with Gasteiger partial charge in [-0.2, -0.15) is 0 Å². The summed E-state index contributed by atoms with van der Waals surface area (Å²) in [6.45, 7) is 5.39. The fraction of sp³-hybridized carbons (Fsp3) is 0.625. The van der Waals surface area contributed by atoms with E-state index in [1.54, 1.807) is 12.1 Å². The smallest absolute Gasteiger partial charge is 0.165 e. The highest BCUT2D eigenvalue weighted by Crippen LogP contribution is 2.29. The maximum Gasteiger partial charge on any atom is 0.165 e. The van der Waals surface area contributed by atoms with Gasteiger partial charge in [0.2, 0.25) is 0 Å². The molecule has 0 amide bonds. The molecular formula is C16H24FNO. The Morgan fingerprint density at radius 2 is 2.05 bits per heavy atom. The van der Waals surface area contributed by atoms with Crippen LogP contribution in [0.4, 0.5) is 4.39 Å². The minimum absolute atomic E-state index is 0.285. The van der Waals surface area contributed by atoms with E-state index in [1.807, 2.05) is 6.07 Å². The van der Waals surface area contributed by atoms with E-state index in [9.17, 15) is 4.39 Å². The summed E-state index contributed by atoms with van der Waals surface area (Å²) >= 11 is 0. The zero-order valence-electron chi connectivity index (χ0n) is 12.1. The first kappa shape index (κ1) is 14.3. The lowest BCUT2D eigenvalue weighted by atomic mass is 9.79.